The van der Waals surface area contributed by atoms with E-state index in [4.69, 9.17) is 4.74 Å². The van der Waals surface area contributed by atoms with Gasteiger partial charge in [0.05, 0.1) is 19.2 Å². The molecule has 0 atom stereocenters. The zero-order chi connectivity index (χ0) is 21.0. The molecule has 0 bridgehead atoms. The van der Waals surface area contributed by atoms with Crippen LogP contribution in [0.15, 0.2) is 65.5 Å². The number of carbonyl (C=O) groups is 1. The molecule has 0 aliphatic heterocycles. The molecule has 0 unspecified atom stereocenters. The molecule has 1 aromatic heterocycles. The summed E-state index contributed by atoms with van der Waals surface area (Å²) in [5.74, 6) is 0.0996. The fourth-order valence-corrected chi connectivity index (χ4v) is 2.52. The minimum atomic E-state index is -4.44. The van der Waals surface area contributed by atoms with Gasteiger partial charge in [-0.3, -0.25) is 9.59 Å². The Morgan fingerprint density at radius 3 is 2.28 bits per heavy atom. The van der Waals surface area contributed by atoms with Crippen LogP contribution in [0.25, 0.3) is 0 Å². The minimum absolute atomic E-state index is 0.00710. The molecule has 6 nitrogen and oxygen atoms in total. The molecule has 9 heteroatoms. The predicted octanol–water partition coefficient (Wildman–Crippen LogP) is 3.57. The summed E-state index contributed by atoms with van der Waals surface area (Å²) in [6, 6.07) is 13.5. The molecule has 0 fully saturated rings. The van der Waals surface area contributed by atoms with Crippen LogP contribution < -0.4 is 15.6 Å². The van der Waals surface area contributed by atoms with Crippen molar-refractivity contribution in [1.29, 1.82) is 0 Å². The van der Waals surface area contributed by atoms with E-state index in [9.17, 15) is 22.8 Å². The van der Waals surface area contributed by atoms with E-state index in [1.807, 2.05) is 0 Å². The summed E-state index contributed by atoms with van der Waals surface area (Å²) < 4.78 is 44.0. The standard InChI is InChI=1S/C20H16F3N3O3/c1-29-16-8-6-15(7-9-16)24-19(28)17-10-11-18(27)26(25-17)12-13-2-4-14(5-3-13)20(21,22)23/h2-11H,12H2,1H3,(H,24,28). The van der Waals surface area contributed by atoms with Crippen molar-refractivity contribution in [3.8, 4) is 5.75 Å². The van der Waals surface area contributed by atoms with Crippen LogP contribution in [0.4, 0.5) is 18.9 Å². The highest BCUT2D eigenvalue weighted by molar-refractivity contribution is 6.02. The second-order valence-electron chi connectivity index (χ2n) is 6.09. The third-order valence-electron chi connectivity index (χ3n) is 4.06. The lowest BCUT2D eigenvalue weighted by Gasteiger charge is -2.10. The Balaban J connectivity index is 1.76. The lowest BCUT2D eigenvalue weighted by molar-refractivity contribution is -0.137. The van der Waals surface area contributed by atoms with E-state index >= 15 is 0 Å². The van der Waals surface area contributed by atoms with Gasteiger partial charge in [0.2, 0.25) is 0 Å². The predicted molar refractivity (Wildman–Crippen MR) is 100.0 cm³/mol. The van der Waals surface area contributed by atoms with Crippen LogP contribution in [-0.4, -0.2) is 22.8 Å². The smallest absolute Gasteiger partial charge is 0.416 e. The first-order valence-corrected chi connectivity index (χ1v) is 8.46. The SMILES string of the molecule is COc1ccc(NC(=O)c2ccc(=O)n(Cc3ccc(C(F)(F)F)cc3)n2)cc1. The van der Waals surface area contributed by atoms with E-state index in [0.717, 1.165) is 16.8 Å². The van der Waals surface area contributed by atoms with Gasteiger partial charge < -0.3 is 10.1 Å². The van der Waals surface area contributed by atoms with Crippen molar-refractivity contribution in [3.63, 3.8) is 0 Å². The first-order chi connectivity index (χ1) is 13.8. The molecule has 1 amide bonds. The maximum atomic E-state index is 12.7. The van der Waals surface area contributed by atoms with E-state index in [1.165, 1.54) is 31.4 Å². The Morgan fingerprint density at radius 2 is 1.69 bits per heavy atom. The number of nitrogens with one attached hydrogen (secondary N) is 1. The Morgan fingerprint density at radius 1 is 1.03 bits per heavy atom. The number of benzene rings is 2. The van der Waals surface area contributed by atoms with Crippen LogP contribution in [0.5, 0.6) is 5.75 Å². The van der Waals surface area contributed by atoms with Gasteiger partial charge in [-0.05, 0) is 48.0 Å². The minimum Gasteiger partial charge on any atom is -0.497 e. The summed E-state index contributed by atoms with van der Waals surface area (Å²) in [7, 11) is 1.53. The largest absolute Gasteiger partial charge is 0.497 e. The number of hydrogen-bond acceptors (Lipinski definition) is 4. The maximum Gasteiger partial charge on any atom is 0.416 e. The summed E-state index contributed by atoms with van der Waals surface area (Å²) in [5, 5.41) is 6.66. The van der Waals surface area contributed by atoms with Crippen molar-refractivity contribution >= 4 is 11.6 Å². The van der Waals surface area contributed by atoms with Crippen LogP contribution in [0.2, 0.25) is 0 Å². The lowest BCUT2D eigenvalue weighted by Crippen LogP contribution is -2.26. The van der Waals surface area contributed by atoms with Gasteiger partial charge in [0.25, 0.3) is 11.5 Å². The molecule has 0 radical (unpaired) electrons. The molecule has 0 aliphatic carbocycles. The highest BCUT2D eigenvalue weighted by atomic mass is 19.4. The Bertz CT molecular complexity index is 1060. The third-order valence-corrected chi connectivity index (χ3v) is 4.06. The lowest BCUT2D eigenvalue weighted by atomic mass is 10.1. The average molecular weight is 403 g/mol. The van der Waals surface area contributed by atoms with Crippen molar-refractivity contribution < 1.29 is 22.7 Å². The van der Waals surface area contributed by atoms with Gasteiger partial charge in [0, 0.05) is 11.8 Å². The summed E-state index contributed by atoms with van der Waals surface area (Å²) in [5.41, 5.74) is -0.314. The number of carbonyl (C=O) groups excluding carboxylic acids is 1. The summed E-state index contributed by atoms with van der Waals surface area (Å²) in [6.07, 6.45) is -4.44. The highest BCUT2D eigenvalue weighted by Gasteiger charge is 2.29. The molecule has 3 rings (SSSR count). The molecule has 150 valence electrons. The number of nitrogens with zero attached hydrogens (tertiary/aromatic N) is 2. The molecular weight excluding hydrogens is 387 g/mol. The van der Waals surface area contributed by atoms with Crippen molar-refractivity contribution in [2.24, 2.45) is 0 Å². The van der Waals surface area contributed by atoms with Gasteiger partial charge in [-0.1, -0.05) is 12.1 Å². The molecular formula is C20H16F3N3O3. The van der Waals surface area contributed by atoms with Gasteiger partial charge in [-0.25, -0.2) is 4.68 Å². The zero-order valence-electron chi connectivity index (χ0n) is 15.2. The fraction of sp³-hybridized carbons (Fsp3) is 0.150. The zero-order valence-corrected chi connectivity index (χ0v) is 15.2. The topological polar surface area (TPSA) is 73.2 Å². The molecule has 1 heterocycles. The number of halogens is 3. The maximum absolute atomic E-state index is 12.7. The number of alkyl halides is 3. The van der Waals surface area contributed by atoms with Crippen LogP contribution in [0, 0.1) is 0 Å². The summed E-state index contributed by atoms with van der Waals surface area (Å²) >= 11 is 0. The number of methoxy groups -OCH3 is 1. The number of hydrogen-bond donors (Lipinski definition) is 1. The summed E-state index contributed by atoms with van der Waals surface area (Å²) in [4.78, 5) is 24.4. The number of rotatable bonds is 5. The average Bonchev–Trinajstić information content (AvgIpc) is 2.70. The van der Waals surface area contributed by atoms with Gasteiger partial charge in [-0.15, -0.1) is 0 Å². The van der Waals surface area contributed by atoms with E-state index in [0.29, 0.717) is 17.0 Å². The Labute approximate surface area is 163 Å². The van der Waals surface area contributed by atoms with Crippen molar-refractivity contribution in [2.75, 3.05) is 12.4 Å². The van der Waals surface area contributed by atoms with Crippen LogP contribution >= 0.6 is 0 Å². The molecule has 3 aromatic rings. The van der Waals surface area contributed by atoms with E-state index in [-0.39, 0.29) is 12.2 Å². The molecule has 29 heavy (non-hydrogen) atoms. The number of amides is 1. The number of aromatic nitrogens is 2. The van der Waals surface area contributed by atoms with Gasteiger partial charge >= 0.3 is 6.18 Å². The fourth-order valence-electron chi connectivity index (χ4n) is 2.52. The first-order valence-electron chi connectivity index (χ1n) is 8.46. The second-order valence-corrected chi connectivity index (χ2v) is 6.09. The van der Waals surface area contributed by atoms with Crippen molar-refractivity contribution in [3.05, 3.63) is 87.8 Å². The van der Waals surface area contributed by atoms with E-state index in [1.54, 1.807) is 24.3 Å². The van der Waals surface area contributed by atoms with E-state index in [2.05, 4.69) is 10.4 Å². The molecule has 0 saturated carbocycles. The molecule has 0 aliphatic rings. The molecule has 1 N–H and O–H groups in total. The van der Waals surface area contributed by atoms with Gasteiger partial charge in [0.1, 0.15) is 11.4 Å². The molecule has 0 saturated heterocycles. The van der Waals surface area contributed by atoms with E-state index < -0.39 is 23.2 Å². The third kappa shape index (κ3) is 5.01. The monoisotopic (exact) mass is 403 g/mol. The summed E-state index contributed by atoms with van der Waals surface area (Å²) in [6.45, 7) is -0.0688. The second kappa shape index (κ2) is 8.17. The van der Waals surface area contributed by atoms with Crippen molar-refractivity contribution in [1.82, 2.24) is 9.78 Å². The van der Waals surface area contributed by atoms with Crippen LogP contribution in [-0.2, 0) is 12.7 Å². The Hall–Kier alpha value is -3.62. The van der Waals surface area contributed by atoms with Crippen LogP contribution in [0.1, 0.15) is 21.6 Å². The quantitative estimate of drug-likeness (QED) is 0.707. The molecule has 2 aromatic carbocycles. The van der Waals surface area contributed by atoms with Crippen LogP contribution in [0.3, 0.4) is 0 Å². The normalized spacial score (nSPS) is 11.2. The highest BCUT2D eigenvalue weighted by Crippen LogP contribution is 2.29. The van der Waals surface area contributed by atoms with Crippen molar-refractivity contribution in [2.45, 2.75) is 12.7 Å². The number of ether oxygens (including phenoxy) is 1. The van der Waals surface area contributed by atoms with Gasteiger partial charge in [0.15, 0.2) is 0 Å². The van der Waals surface area contributed by atoms with Gasteiger partial charge in [-0.2, -0.15) is 18.3 Å². The molecule has 0 spiro atoms. The first kappa shape index (κ1) is 20.1. The Kier molecular flexibility index (Phi) is 5.67. The number of anilines is 1.